The lowest BCUT2D eigenvalue weighted by molar-refractivity contribution is -0.136. The van der Waals surface area contributed by atoms with E-state index in [2.05, 4.69) is 30.1 Å². The van der Waals surface area contributed by atoms with Crippen molar-refractivity contribution < 1.29 is 23.8 Å². The van der Waals surface area contributed by atoms with Gasteiger partial charge in [0.25, 0.3) is 0 Å². The summed E-state index contributed by atoms with van der Waals surface area (Å²) in [5.74, 6) is 0.275. The molecule has 2 aromatic rings. The largest absolute Gasteiger partial charge is 0.497 e. The Labute approximate surface area is 213 Å². The van der Waals surface area contributed by atoms with Crippen molar-refractivity contribution in [1.82, 2.24) is 4.90 Å². The number of likely N-dealkylation sites (tertiary alicyclic amines) is 1. The van der Waals surface area contributed by atoms with E-state index in [9.17, 15) is 9.18 Å². The van der Waals surface area contributed by atoms with Gasteiger partial charge in [-0.3, -0.25) is 4.79 Å². The van der Waals surface area contributed by atoms with Gasteiger partial charge >= 0.3 is 5.97 Å². The van der Waals surface area contributed by atoms with E-state index >= 15 is 0 Å². The van der Waals surface area contributed by atoms with Gasteiger partial charge in [-0.15, -0.1) is 0 Å². The number of rotatable bonds is 12. The molecule has 0 saturated carbocycles. The molecule has 0 atom stereocenters. The third-order valence-electron chi connectivity index (χ3n) is 6.41. The summed E-state index contributed by atoms with van der Waals surface area (Å²) in [6, 6.07) is 12.6. The fraction of sp³-hybridized carbons (Fsp3) is 0.414. The topological polar surface area (TPSA) is 71.0 Å². The molecule has 1 aliphatic rings. The number of carbonyl (C=O) groups is 1. The fourth-order valence-corrected chi connectivity index (χ4v) is 4.52. The first kappa shape index (κ1) is 27.1. The first-order valence-corrected chi connectivity index (χ1v) is 12.5. The molecule has 7 heteroatoms. The number of hydrogen-bond donors (Lipinski definition) is 2. The number of nitrogens with one attached hydrogen (secondary N) is 1. The van der Waals surface area contributed by atoms with E-state index in [-0.39, 0.29) is 18.7 Å². The van der Waals surface area contributed by atoms with Crippen molar-refractivity contribution in [2.45, 2.75) is 46.0 Å². The van der Waals surface area contributed by atoms with Crippen LogP contribution >= 0.6 is 0 Å². The number of piperidine rings is 1. The summed E-state index contributed by atoms with van der Waals surface area (Å²) in [7, 11) is 1.65. The Kier molecular flexibility index (Phi) is 10.2. The minimum atomic E-state index is -0.927. The zero-order chi connectivity index (χ0) is 25.9. The van der Waals surface area contributed by atoms with E-state index in [1.807, 2.05) is 30.3 Å². The van der Waals surface area contributed by atoms with Crippen LogP contribution in [-0.2, 0) is 11.2 Å². The van der Waals surface area contributed by atoms with Crippen molar-refractivity contribution in [2.75, 3.05) is 38.7 Å². The van der Waals surface area contributed by atoms with Gasteiger partial charge in [0.05, 0.1) is 13.7 Å². The highest BCUT2D eigenvalue weighted by molar-refractivity contribution is 5.67. The summed E-state index contributed by atoms with van der Waals surface area (Å²) in [5, 5.41) is 12.1. The molecule has 2 aromatic carbocycles. The van der Waals surface area contributed by atoms with Crippen molar-refractivity contribution in [1.29, 1.82) is 0 Å². The molecule has 1 fully saturated rings. The number of nitrogens with zero attached hydrogens (tertiary/aromatic N) is 1. The standard InChI is InChI=1S/C29H37FN2O4/c1-4-22-7-6-16-32(17-18-36-26-9-5-8-25(20-26)35-3)29(22)21(2)14-15-31-24-12-10-23(27(30)19-24)11-13-28(33)34/h4-5,8-10,12,19-20,31H,6-7,11,13-18H2,1-3H3,(H,33,34)/b22-4-,29-21+. The van der Waals surface area contributed by atoms with Crippen LogP contribution < -0.4 is 14.8 Å². The summed E-state index contributed by atoms with van der Waals surface area (Å²) < 4.78 is 25.6. The van der Waals surface area contributed by atoms with Crippen molar-refractivity contribution in [3.05, 3.63) is 76.8 Å². The molecule has 1 saturated heterocycles. The van der Waals surface area contributed by atoms with E-state index in [1.165, 1.54) is 22.9 Å². The second-order valence-electron chi connectivity index (χ2n) is 8.94. The highest BCUT2D eigenvalue weighted by atomic mass is 19.1. The highest BCUT2D eigenvalue weighted by Gasteiger charge is 2.21. The first-order chi connectivity index (χ1) is 17.4. The Hall–Kier alpha value is -3.48. The van der Waals surface area contributed by atoms with Crippen LogP contribution in [0.25, 0.3) is 0 Å². The third kappa shape index (κ3) is 7.77. The van der Waals surface area contributed by atoms with E-state index in [0.717, 1.165) is 43.9 Å². The van der Waals surface area contributed by atoms with E-state index in [0.29, 0.717) is 24.4 Å². The molecule has 0 bridgehead atoms. The maximum atomic E-state index is 14.3. The van der Waals surface area contributed by atoms with Gasteiger partial charge in [0.1, 0.15) is 23.9 Å². The molecule has 0 aliphatic carbocycles. The van der Waals surface area contributed by atoms with Crippen molar-refractivity contribution >= 4 is 11.7 Å². The van der Waals surface area contributed by atoms with Crippen LogP contribution in [0.15, 0.2) is 65.4 Å². The summed E-state index contributed by atoms with van der Waals surface area (Å²) in [5.41, 5.74) is 5.05. The molecule has 1 aliphatic heterocycles. The SMILES string of the molecule is C/C=C1/CCCN(CCOc2cccc(OC)c2)/C1=C(\C)CCNc1ccc(CCC(=O)O)c(F)c1. The van der Waals surface area contributed by atoms with Crippen LogP contribution in [-0.4, -0.2) is 49.3 Å². The van der Waals surface area contributed by atoms with Crippen molar-refractivity contribution in [3.63, 3.8) is 0 Å². The molecule has 6 nitrogen and oxygen atoms in total. The molecular formula is C29H37FN2O4. The molecule has 2 N–H and O–H groups in total. The number of aryl methyl sites for hydroxylation is 1. The second-order valence-corrected chi connectivity index (χ2v) is 8.94. The van der Waals surface area contributed by atoms with Gasteiger partial charge in [-0.05, 0) is 80.5 Å². The fourth-order valence-electron chi connectivity index (χ4n) is 4.52. The molecule has 1 heterocycles. The van der Waals surface area contributed by atoms with E-state index in [4.69, 9.17) is 14.6 Å². The van der Waals surface area contributed by atoms with Crippen LogP contribution in [0.5, 0.6) is 11.5 Å². The number of anilines is 1. The van der Waals surface area contributed by atoms with E-state index in [1.54, 1.807) is 13.2 Å². The Morgan fingerprint density at radius 1 is 1.19 bits per heavy atom. The van der Waals surface area contributed by atoms with E-state index < -0.39 is 5.97 Å². The summed E-state index contributed by atoms with van der Waals surface area (Å²) >= 11 is 0. The molecule has 0 aromatic heterocycles. The number of allylic oxidation sites excluding steroid dienone is 2. The average molecular weight is 497 g/mol. The van der Waals surface area contributed by atoms with Crippen LogP contribution in [0.2, 0.25) is 0 Å². The number of hydrogen-bond acceptors (Lipinski definition) is 5. The second kappa shape index (κ2) is 13.6. The highest BCUT2D eigenvalue weighted by Crippen LogP contribution is 2.30. The predicted molar refractivity (Wildman–Crippen MR) is 141 cm³/mol. The van der Waals surface area contributed by atoms with Gasteiger partial charge in [-0.2, -0.15) is 0 Å². The quantitative estimate of drug-likeness (QED) is 0.373. The molecule has 0 amide bonds. The summed E-state index contributed by atoms with van der Waals surface area (Å²) in [4.78, 5) is 13.2. The minimum absolute atomic E-state index is 0.0785. The van der Waals surface area contributed by atoms with Gasteiger partial charge in [0, 0.05) is 37.0 Å². The van der Waals surface area contributed by atoms with Gasteiger partial charge in [-0.1, -0.05) is 18.2 Å². The van der Waals surface area contributed by atoms with Crippen LogP contribution in [0, 0.1) is 5.82 Å². The van der Waals surface area contributed by atoms with Gasteiger partial charge in [0.15, 0.2) is 0 Å². The molecule has 36 heavy (non-hydrogen) atoms. The number of aliphatic carboxylic acids is 1. The van der Waals surface area contributed by atoms with Crippen molar-refractivity contribution in [2.24, 2.45) is 0 Å². The van der Waals surface area contributed by atoms with Crippen molar-refractivity contribution in [3.8, 4) is 11.5 Å². The maximum Gasteiger partial charge on any atom is 0.303 e. The monoisotopic (exact) mass is 496 g/mol. The summed E-state index contributed by atoms with van der Waals surface area (Å²) in [6.45, 7) is 7.28. The lowest BCUT2D eigenvalue weighted by Gasteiger charge is -2.35. The lowest BCUT2D eigenvalue weighted by Crippen LogP contribution is -2.34. The van der Waals surface area contributed by atoms with Crippen LogP contribution in [0.3, 0.4) is 0 Å². The number of ether oxygens (including phenoxy) is 2. The lowest BCUT2D eigenvalue weighted by atomic mass is 9.95. The number of benzene rings is 2. The zero-order valence-corrected chi connectivity index (χ0v) is 21.5. The first-order valence-electron chi connectivity index (χ1n) is 12.5. The Bertz CT molecular complexity index is 1100. The average Bonchev–Trinajstić information content (AvgIpc) is 2.88. The molecule has 3 rings (SSSR count). The molecule has 0 radical (unpaired) electrons. The number of carboxylic acids is 1. The van der Waals surface area contributed by atoms with Crippen LogP contribution in [0.4, 0.5) is 10.1 Å². The summed E-state index contributed by atoms with van der Waals surface area (Å²) in [6.07, 6.45) is 5.31. The predicted octanol–water partition coefficient (Wildman–Crippen LogP) is 6.05. The smallest absolute Gasteiger partial charge is 0.303 e. The molecule has 0 spiro atoms. The zero-order valence-electron chi connectivity index (χ0n) is 21.5. The van der Waals surface area contributed by atoms with Gasteiger partial charge in [0.2, 0.25) is 0 Å². The Balaban J connectivity index is 1.59. The van der Waals surface area contributed by atoms with Crippen LogP contribution in [0.1, 0.15) is 45.1 Å². The maximum absolute atomic E-state index is 14.3. The number of halogens is 1. The van der Waals surface area contributed by atoms with Gasteiger partial charge < -0.3 is 24.8 Å². The third-order valence-corrected chi connectivity index (χ3v) is 6.41. The minimum Gasteiger partial charge on any atom is -0.497 e. The Morgan fingerprint density at radius 2 is 2.00 bits per heavy atom. The number of carboxylic acid groups (broad SMARTS) is 1. The molecule has 0 unspecified atom stereocenters. The molecule has 194 valence electrons. The Morgan fingerprint density at radius 3 is 2.72 bits per heavy atom. The normalized spacial score (nSPS) is 16.1. The van der Waals surface area contributed by atoms with Gasteiger partial charge in [-0.25, -0.2) is 4.39 Å². The molecular weight excluding hydrogens is 459 g/mol. The number of methoxy groups -OCH3 is 1.